The van der Waals surface area contributed by atoms with Crippen LogP contribution in [-0.4, -0.2) is 31.6 Å². The Morgan fingerprint density at radius 3 is 2.11 bits per heavy atom. The molecular weight excluding hydrogens is 275 g/mol. The minimum atomic E-state index is -1.19. The predicted molar refractivity (Wildman–Crippen MR) is 60.4 cm³/mol. The molecule has 0 aromatic heterocycles. The summed E-state index contributed by atoms with van der Waals surface area (Å²) in [5.74, 6) is -2.33. The fourth-order valence-corrected chi connectivity index (χ4v) is 1.36. The number of nitrogens with one attached hydrogen (secondary N) is 2. The predicted octanol–water partition coefficient (Wildman–Crippen LogP) is -5.52. The smallest absolute Gasteiger partial charge is 0.549 e. The normalized spacial score (nSPS) is 9.68. The molecule has 0 aliphatic carbocycles. The molecule has 0 amide bonds. The number of benzene rings is 1. The van der Waals surface area contributed by atoms with Gasteiger partial charge in [-0.1, -0.05) is 24.3 Å². The fraction of sp³-hybridized carbons (Fsp3) is 0.333. The maximum absolute atomic E-state index is 10.5. The van der Waals surface area contributed by atoms with Crippen molar-refractivity contribution in [2.75, 3.05) is 19.6 Å². The van der Waals surface area contributed by atoms with E-state index in [0.29, 0.717) is 19.6 Å². The molecule has 0 heterocycles. The van der Waals surface area contributed by atoms with Crippen molar-refractivity contribution in [2.24, 2.45) is 0 Å². The van der Waals surface area contributed by atoms with Crippen molar-refractivity contribution >= 4 is 11.9 Å². The summed E-state index contributed by atoms with van der Waals surface area (Å²) < 4.78 is 0. The van der Waals surface area contributed by atoms with E-state index in [1.165, 1.54) is 12.1 Å². The average molecular weight is 289 g/mol. The van der Waals surface area contributed by atoms with Gasteiger partial charge in [0.15, 0.2) is 0 Å². The summed E-state index contributed by atoms with van der Waals surface area (Å²) in [7, 11) is 0. The van der Waals surface area contributed by atoms with Gasteiger partial charge in [0.25, 0.3) is 0 Å². The first-order chi connectivity index (χ1) is 8.59. The van der Waals surface area contributed by atoms with Crippen LogP contribution in [0.3, 0.4) is 0 Å². The molecule has 0 saturated carbocycles. The molecule has 19 heavy (non-hydrogen) atoms. The molecule has 0 saturated heterocycles. The molecule has 7 heteroatoms. The Morgan fingerprint density at radius 2 is 1.58 bits per heavy atom. The maximum Gasteiger partial charge on any atom is 1.00 e. The number of carbonyl (C=O) groups is 2. The van der Waals surface area contributed by atoms with Crippen molar-refractivity contribution < 1.29 is 71.2 Å². The zero-order chi connectivity index (χ0) is 13.4. The molecule has 98 valence electrons. The number of hydrogen-bond acceptors (Lipinski definition) is 6. The molecule has 0 fully saturated rings. The molecule has 1 aromatic carbocycles. The molecule has 1 rings (SSSR count). The second-order valence-electron chi connectivity index (χ2n) is 3.71. The average Bonchev–Trinajstić information content (AvgIpc) is 2.34. The quantitative estimate of drug-likeness (QED) is 0.365. The SMILES string of the molecule is O=C([O-])CNCCNCc1ccc(C(=O)[O-])cc1.[K+]. The van der Waals surface area contributed by atoms with Crippen molar-refractivity contribution in [1.29, 1.82) is 0 Å². The number of carbonyl (C=O) groups excluding carboxylic acids is 2. The summed E-state index contributed by atoms with van der Waals surface area (Å²) >= 11 is 0. The van der Waals surface area contributed by atoms with Crippen LogP contribution in [0.15, 0.2) is 24.3 Å². The van der Waals surface area contributed by atoms with Crippen LogP contribution >= 0.6 is 0 Å². The summed E-state index contributed by atoms with van der Waals surface area (Å²) in [6.45, 7) is 1.54. The van der Waals surface area contributed by atoms with Gasteiger partial charge in [0, 0.05) is 26.2 Å². The van der Waals surface area contributed by atoms with Gasteiger partial charge in [0.2, 0.25) is 0 Å². The summed E-state index contributed by atoms with van der Waals surface area (Å²) in [6.07, 6.45) is 0. The first-order valence-corrected chi connectivity index (χ1v) is 5.51. The van der Waals surface area contributed by atoms with Crippen molar-refractivity contribution in [2.45, 2.75) is 6.54 Å². The molecule has 0 aliphatic heterocycles. The Morgan fingerprint density at radius 1 is 1.00 bits per heavy atom. The van der Waals surface area contributed by atoms with Crippen LogP contribution in [-0.2, 0) is 11.3 Å². The Balaban J connectivity index is 0.00000324. The van der Waals surface area contributed by atoms with Gasteiger partial charge in [0.1, 0.15) is 0 Å². The van der Waals surface area contributed by atoms with E-state index in [2.05, 4.69) is 10.6 Å². The third-order valence-corrected chi connectivity index (χ3v) is 2.27. The molecule has 0 aliphatic rings. The molecule has 6 nitrogen and oxygen atoms in total. The van der Waals surface area contributed by atoms with Gasteiger partial charge in [-0.2, -0.15) is 0 Å². The summed E-state index contributed by atoms with van der Waals surface area (Å²) in [5, 5.41) is 26.4. The Hall–Kier alpha value is -0.284. The number of carboxylic acids is 2. The van der Waals surface area contributed by atoms with Crippen molar-refractivity contribution in [3.63, 3.8) is 0 Å². The molecule has 0 spiro atoms. The van der Waals surface area contributed by atoms with E-state index in [1.807, 2.05) is 0 Å². The van der Waals surface area contributed by atoms with Gasteiger partial charge in [0.05, 0.1) is 11.9 Å². The summed E-state index contributed by atoms with van der Waals surface area (Å²) in [4.78, 5) is 20.6. The van der Waals surface area contributed by atoms with Gasteiger partial charge in [-0.3, -0.25) is 0 Å². The van der Waals surface area contributed by atoms with E-state index in [4.69, 9.17) is 0 Å². The number of aromatic carboxylic acids is 1. The van der Waals surface area contributed by atoms with E-state index >= 15 is 0 Å². The number of hydrogen-bond donors (Lipinski definition) is 2. The second-order valence-corrected chi connectivity index (χ2v) is 3.71. The van der Waals surface area contributed by atoms with Crippen LogP contribution in [0.25, 0.3) is 0 Å². The van der Waals surface area contributed by atoms with Crippen molar-refractivity contribution in [3.8, 4) is 0 Å². The molecule has 2 N–H and O–H groups in total. The first kappa shape index (κ1) is 18.7. The van der Waals surface area contributed by atoms with Gasteiger partial charge in [-0.25, -0.2) is 0 Å². The third kappa shape index (κ3) is 8.48. The monoisotopic (exact) mass is 289 g/mol. The molecule has 0 bridgehead atoms. The minimum absolute atomic E-state index is 0. The molecule has 0 atom stereocenters. The van der Waals surface area contributed by atoms with E-state index in [9.17, 15) is 19.8 Å². The topological polar surface area (TPSA) is 104 Å². The summed E-state index contributed by atoms with van der Waals surface area (Å²) in [6, 6.07) is 6.38. The van der Waals surface area contributed by atoms with Crippen LogP contribution in [0.2, 0.25) is 0 Å². The summed E-state index contributed by atoms with van der Waals surface area (Å²) in [5.41, 5.74) is 1.09. The Kier molecular flexibility index (Phi) is 10.3. The van der Waals surface area contributed by atoms with Crippen LogP contribution in [0.4, 0.5) is 0 Å². The van der Waals surface area contributed by atoms with Gasteiger partial charge in [-0.05, 0) is 11.1 Å². The molecule has 0 unspecified atom stereocenters. The molecule has 0 radical (unpaired) electrons. The van der Waals surface area contributed by atoms with Crippen LogP contribution in [0.5, 0.6) is 0 Å². The van der Waals surface area contributed by atoms with E-state index in [0.717, 1.165) is 5.56 Å². The first-order valence-electron chi connectivity index (χ1n) is 5.51. The molecular formula is C12H14KN2O4-. The van der Waals surface area contributed by atoms with E-state index < -0.39 is 11.9 Å². The van der Waals surface area contributed by atoms with E-state index in [-0.39, 0.29) is 63.5 Å². The fourth-order valence-electron chi connectivity index (χ4n) is 1.36. The van der Waals surface area contributed by atoms with E-state index in [1.54, 1.807) is 12.1 Å². The van der Waals surface area contributed by atoms with Gasteiger partial charge >= 0.3 is 51.4 Å². The zero-order valence-corrected chi connectivity index (χ0v) is 13.9. The van der Waals surface area contributed by atoms with Crippen LogP contribution in [0.1, 0.15) is 15.9 Å². The van der Waals surface area contributed by atoms with Gasteiger partial charge in [-0.15, -0.1) is 0 Å². The van der Waals surface area contributed by atoms with Crippen molar-refractivity contribution in [1.82, 2.24) is 10.6 Å². The van der Waals surface area contributed by atoms with Crippen LogP contribution in [0, 0.1) is 0 Å². The number of rotatable bonds is 8. The largest absolute Gasteiger partial charge is 1.00 e. The second kappa shape index (κ2) is 10.5. The number of carboxylic acid groups (broad SMARTS) is 2. The molecule has 1 aromatic rings. The third-order valence-electron chi connectivity index (χ3n) is 2.27. The van der Waals surface area contributed by atoms with Gasteiger partial charge < -0.3 is 30.4 Å². The Labute approximate surface area is 154 Å². The minimum Gasteiger partial charge on any atom is -0.549 e. The van der Waals surface area contributed by atoms with Crippen LogP contribution < -0.4 is 72.2 Å². The zero-order valence-electron chi connectivity index (χ0n) is 10.8. The maximum atomic E-state index is 10.5. The Bertz CT molecular complexity index is 409. The van der Waals surface area contributed by atoms with Crippen molar-refractivity contribution in [3.05, 3.63) is 35.4 Å². The standard InChI is InChI=1S/C12H16N2O4.K/c15-11(16)8-14-6-5-13-7-9-1-3-10(4-2-9)12(17)18;/h1-4,13-14H,5-8H2,(H,15,16)(H,17,18);/q;+1/p-2. The number of aliphatic carboxylic acids is 1.